The summed E-state index contributed by atoms with van der Waals surface area (Å²) >= 11 is 0. The van der Waals surface area contributed by atoms with Gasteiger partial charge < -0.3 is 4.74 Å². The normalized spacial score (nSPS) is 42.3. The van der Waals surface area contributed by atoms with Gasteiger partial charge in [0.25, 0.3) is 0 Å². The van der Waals surface area contributed by atoms with Crippen molar-refractivity contribution in [1.82, 2.24) is 10.2 Å². The fourth-order valence-corrected chi connectivity index (χ4v) is 16.6. The number of hydrogen-bond acceptors (Lipinski definition) is 6. The maximum Gasteiger partial charge on any atom is 0.405 e. The van der Waals surface area contributed by atoms with Crippen LogP contribution in [0, 0.1) is 56.7 Å². The summed E-state index contributed by atoms with van der Waals surface area (Å²) in [5.74, 6) is 0.810. The highest BCUT2D eigenvalue weighted by Crippen LogP contribution is 2.76. The van der Waals surface area contributed by atoms with Crippen molar-refractivity contribution in [2.24, 2.45) is 56.7 Å². The molecule has 0 aromatic carbocycles. The number of esters is 1. The second-order valence-corrected chi connectivity index (χ2v) is 24.2. The van der Waals surface area contributed by atoms with E-state index in [4.69, 9.17) is 4.74 Å². The lowest BCUT2D eigenvalue weighted by Gasteiger charge is -2.72. The Morgan fingerprint density at radius 2 is 1.66 bits per heavy atom. The van der Waals surface area contributed by atoms with Crippen LogP contribution in [0.1, 0.15) is 138 Å². The van der Waals surface area contributed by atoms with Crippen LogP contribution in [0.5, 0.6) is 0 Å². The Morgan fingerprint density at radius 3 is 2.27 bits per heavy atom. The average molecular weight is 851 g/mol. The summed E-state index contributed by atoms with van der Waals surface area (Å²) < 4.78 is 89.5. The summed E-state index contributed by atoms with van der Waals surface area (Å²) in [6.45, 7) is 20.7. The molecule has 5 fully saturated rings. The van der Waals surface area contributed by atoms with E-state index in [9.17, 15) is 17.6 Å². The number of alkyl halides is 4. The molecule has 59 heavy (non-hydrogen) atoms. The van der Waals surface area contributed by atoms with Crippen LogP contribution in [0.4, 0.5) is 17.6 Å². The van der Waals surface area contributed by atoms with Crippen LogP contribution < -0.4 is 5.32 Å². The molecule has 0 amide bonds. The van der Waals surface area contributed by atoms with E-state index in [1.165, 1.54) is 11.1 Å². The molecule has 4 saturated carbocycles. The van der Waals surface area contributed by atoms with Crippen molar-refractivity contribution in [3.05, 3.63) is 35.5 Å². The van der Waals surface area contributed by atoms with Gasteiger partial charge in [-0.25, -0.2) is 12.8 Å². The van der Waals surface area contributed by atoms with E-state index >= 15 is 13.2 Å². The summed E-state index contributed by atoms with van der Waals surface area (Å²) in [4.78, 5) is 14.8. The van der Waals surface area contributed by atoms with E-state index < -0.39 is 45.7 Å². The quantitative estimate of drug-likeness (QED) is 0.0966. The molecule has 0 aromatic rings. The number of allylic oxidation sites excluding steroid dienone is 5. The standard InChI is InChI=1S/C48H74F4N2O4S/c1-9-10-27-58-41(55)46(31-49)20-13-33(14-21-46)35-16-18-43(6)37(42(35,4)5)17-19-45(8)38(43)12-11-36-40-34(32(2)3)15-22-47(40,24-23-44(36,45)7)53-39(48(50,51)52)30-54-25-28-59(56,57)29-26-54/h13,16,34,36-40,53H,2,9-12,14-15,17-31H2,1,3-8H3/t34-,36+,37-,38+,39?,40+,43-,44+,45+,46-,47-/m0/s1. The summed E-state index contributed by atoms with van der Waals surface area (Å²) in [6.07, 6.45) is 11.7. The van der Waals surface area contributed by atoms with Crippen molar-refractivity contribution >= 4 is 15.8 Å². The molecule has 1 heterocycles. The average Bonchev–Trinajstić information content (AvgIpc) is 3.55. The highest BCUT2D eigenvalue weighted by atomic mass is 32.2. The predicted molar refractivity (Wildman–Crippen MR) is 227 cm³/mol. The molecule has 11 heteroatoms. The van der Waals surface area contributed by atoms with Gasteiger partial charge in [-0.3, -0.25) is 15.0 Å². The Kier molecular flexibility index (Phi) is 12.1. The van der Waals surface area contributed by atoms with E-state index in [0.29, 0.717) is 50.5 Å². The van der Waals surface area contributed by atoms with Crippen LogP contribution in [0.2, 0.25) is 0 Å². The van der Waals surface area contributed by atoms with Crippen LogP contribution in [0.3, 0.4) is 0 Å². The van der Waals surface area contributed by atoms with Crippen LogP contribution in [-0.4, -0.2) is 81.5 Å². The number of ether oxygens (including phenoxy) is 1. The number of carbonyl (C=O) groups excluding carboxylic acids is 1. The number of rotatable bonds is 11. The number of nitrogens with zero attached hydrogens (tertiary/aromatic N) is 1. The van der Waals surface area contributed by atoms with Gasteiger partial charge in [0, 0.05) is 25.2 Å². The van der Waals surface area contributed by atoms with Gasteiger partial charge in [-0.05, 0) is 153 Å². The third-order valence-corrected chi connectivity index (χ3v) is 20.4. The Labute approximate surface area is 353 Å². The van der Waals surface area contributed by atoms with Crippen LogP contribution in [-0.2, 0) is 19.4 Å². The van der Waals surface area contributed by atoms with Crippen molar-refractivity contribution in [2.45, 2.75) is 156 Å². The summed E-state index contributed by atoms with van der Waals surface area (Å²) in [5, 5.41) is 3.37. The van der Waals surface area contributed by atoms with Gasteiger partial charge in [-0.1, -0.05) is 72.3 Å². The fourth-order valence-electron chi connectivity index (χ4n) is 15.3. The van der Waals surface area contributed by atoms with Gasteiger partial charge >= 0.3 is 12.1 Å². The van der Waals surface area contributed by atoms with E-state index in [1.54, 1.807) is 4.90 Å². The van der Waals surface area contributed by atoms with Crippen molar-refractivity contribution in [2.75, 3.05) is 44.4 Å². The van der Waals surface area contributed by atoms with Gasteiger partial charge in [0.15, 0.2) is 9.84 Å². The maximum atomic E-state index is 15.1. The Hall–Kier alpha value is -1.72. The number of nitrogens with one attached hydrogen (secondary N) is 1. The minimum Gasteiger partial charge on any atom is -0.465 e. The number of hydrogen-bond donors (Lipinski definition) is 1. The first-order valence-corrected chi connectivity index (χ1v) is 24.9. The molecule has 6 nitrogen and oxygen atoms in total. The zero-order valence-corrected chi connectivity index (χ0v) is 38.0. The van der Waals surface area contributed by atoms with E-state index in [-0.39, 0.29) is 70.6 Å². The SMILES string of the molecule is C=C(C)[C@@H]1CC[C@]2(NC(CN3CCS(=O)(=O)CC3)C(F)(F)F)CC[C@]3(C)[C@H](CC[C@@H]4[C@@]5(C)CC=C(C6=CC[C@](CF)(C(=O)OCCCC)CC6)C(C)(C)[C@@H]5CC[C@]43C)[C@@H]12. The zero-order chi connectivity index (χ0) is 43.0. The topological polar surface area (TPSA) is 75.7 Å². The van der Waals surface area contributed by atoms with Gasteiger partial charge in [0.2, 0.25) is 0 Å². The summed E-state index contributed by atoms with van der Waals surface area (Å²) in [7, 11) is -3.20. The van der Waals surface area contributed by atoms with Crippen molar-refractivity contribution in [3.63, 3.8) is 0 Å². The monoisotopic (exact) mass is 851 g/mol. The van der Waals surface area contributed by atoms with Crippen molar-refractivity contribution < 1.29 is 35.5 Å². The van der Waals surface area contributed by atoms with E-state index in [0.717, 1.165) is 63.4 Å². The van der Waals surface area contributed by atoms with Crippen LogP contribution in [0.15, 0.2) is 35.5 Å². The Balaban J connectivity index is 1.14. The molecular formula is C48H74F4N2O4S. The highest BCUT2D eigenvalue weighted by molar-refractivity contribution is 7.91. The molecule has 1 saturated heterocycles. The number of unbranched alkanes of at least 4 members (excludes halogenated alkanes) is 1. The molecular weight excluding hydrogens is 777 g/mol. The molecule has 11 atom stereocenters. The second-order valence-electron chi connectivity index (χ2n) is 21.9. The lowest BCUT2D eigenvalue weighted by Crippen LogP contribution is -2.70. The van der Waals surface area contributed by atoms with Gasteiger partial charge in [-0.15, -0.1) is 0 Å². The second kappa shape index (κ2) is 15.8. The number of sulfone groups is 1. The van der Waals surface area contributed by atoms with Crippen LogP contribution >= 0.6 is 0 Å². The third-order valence-electron chi connectivity index (χ3n) is 18.8. The number of halogens is 4. The molecule has 0 bridgehead atoms. The zero-order valence-electron chi connectivity index (χ0n) is 37.2. The Morgan fingerprint density at radius 1 is 0.949 bits per heavy atom. The fraction of sp³-hybridized carbons (Fsp3) is 0.854. The van der Waals surface area contributed by atoms with Crippen molar-refractivity contribution in [3.8, 4) is 0 Å². The van der Waals surface area contributed by atoms with Crippen LogP contribution in [0.25, 0.3) is 0 Å². The summed E-state index contributed by atoms with van der Waals surface area (Å²) in [5.41, 5.74) is 1.88. The van der Waals surface area contributed by atoms with Crippen molar-refractivity contribution in [1.29, 1.82) is 0 Å². The molecule has 1 aliphatic heterocycles. The lowest BCUT2D eigenvalue weighted by atomic mass is 9.33. The molecule has 7 aliphatic rings. The molecule has 0 aromatic heterocycles. The highest BCUT2D eigenvalue weighted by Gasteiger charge is 2.71. The first-order chi connectivity index (χ1) is 27.5. The molecule has 1 unspecified atom stereocenters. The minimum absolute atomic E-state index is 0.0165. The number of carbonyl (C=O) groups is 1. The third kappa shape index (κ3) is 7.54. The molecule has 0 radical (unpaired) electrons. The first-order valence-electron chi connectivity index (χ1n) is 23.1. The van der Waals surface area contributed by atoms with Gasteiger partial charge in [-0.2, -0.15) is 13.2 Å². The van der Waals surface area contributed by atoms with E-state index in [2.05, 4.69) is 65.6 Å². The summed E-state index contributed by atoms with van der Waals surface area (Å²) in [6, 6.07) is -1.72. The molecule has 7 rings (SSSR count). The smallest absolute Gasteiger partial charge is 0.405 e. The largest absolute Gasteiger partial charge is 0.465 e. The molecule has 6 aliphatic carbocycles. The van der Waals surface area contributed by atoms with Gasteiger partial charge in [0.1, 0.15) is 12.7 Å². The van der Waals surface area contributed by atoms with E-state index in [1.807, 2.05) is 6.92 Å². The molecule has 0 spiro atoms. The Bertz CT molecular complexity index is 1800. The van der Waals surface area contributed by atoms with Gasteiger partial charge in [0.05, 0.1) is 23.5 Å². The predicted octanol–water partition coefficient (Wildman–Crippen LogP) is 10.6. The molecule has 1 N–H and O–H groups in total. The lowest BCUT2D eigenvalue weighted by molar-refractivity contribution is -0.225. The minimum atomic E-state index is -4.46. The molecule has 334 valence electrons. The maximum absolute atomic E-state index is 15.1. The number of fused-ring (bicyclic) bond motifs is 7. The first kappa shape index (κ1) is 45.3.